The quantitative estimate of drug-likeness (QED) is 0.857. The molecule has 1 atom stereocenters. The largest absolute Gasteiger partial charge is 0.312 e. The van der Waals surface area contributed by atoms with Crippen molar-refractivity contribution in [3.05, 3.63) is 48.3 Å². The summed E-state index contributed by atoms with van der Waals surface area (Å²) in [5, 5.41) is 7.87. The average Bonchev–Trinajstić information content (AvgIpc) is 2.89. The number of rotatable bonds is 6. The fourth-order valence-electron chi connectivity index (χ4n) is 2.30. The van der Waals surface area contributed by atoms with Gasteiger partial charge in [0.25, 0.3) is 0 Å². The number of hydrogen-bond acceptors (Lipinski definition) is 2. The second-order valence-corrected chi connectivity index (χ2v) is 5.32. The van der Waals surface area contributed by atoms with Gasteiger partial charge >= 0.3 is 0 Å². The molecule has 0 radical (unpaired) electrons. The molecule has 1 unspecified atom stereocenters. The minimum absolute atomic E-state index is 0.352. The molecule has 0 aliphatic heterocycles. The zero-order valence-corrected chi connectivity index (χ0v) is 12.0. The third kappa shape index (κ3) is 3.44. The molecule has 2 aromatic rings. The Hall–Kier alpha value is -1.61. The van der Waals surface area contributed by atoms with Gasteiger partial charge in [-0.05, 0) is 44.0 Å². The standard InChI is InChI=1S/C16H23N3/c1-13(2)9-10-15(17-3)16-11-12-18-19(16)14-7-5-4-6-8-14/h4-8,11-13,15,17H,9-10H2,1-3H3. The van der Waals surface area contributed by atoms with Crippen LogP contribution in [0.3, 0.4) is 0 Å². The molecule has 0 spiro atoms. The van der Waals surface area contributed by atoms with Gasteiger partial charge < -0.3 is 5.32 Å². The smallest absolute Gasteiger partial charge is 0.0649 e. The highest BCUT2D eigenvalue weighted by atomic mass is 15.3. The van der Waals surface area contributed by atoms with Gasteiger partial charge in [-0.3, -0.25) is 0 Å². The molecule has 0 aliphatic rings. The van der Waals surface area contributed by atoms with Crippen molar-refractivity contribution in [3.8, 4) is 5.69 Å². The van der Waals surface area contributed by atoms with E-state index in [1.807, 2.05) is 36.1 Å². The highest BCUT2D eigenvalue weighted by Gasteiger charge is 2.15. The fraction of sp³-hybridized carbons (Fsp3) is 0.438. The summed E-state index contributed by atoms with van der Waals surface area (Å²) in [6, 6.07) is 12.8. The Bertz CT molecular complexity index is 488. The van der Waals surface area contributed by atoms with E-state index >= 15 is 0 Å². The molecule has 102 valence electrons. The summed E-state index contributed by atoms with van der Waals surface area (Å²) in [4.78, 5) is 0. The molecule has 3 heteroatoms. The van der Waals surface area contributed by atoms with Gasteiger partial charge in [-0.2, -0.15) is 5.10 Å². The van der Waals surface area contributed by atoms with Crippen LogP contribution in [0.5, 0.6) is 0 Å². The lowest BCUT2D eigenvalue weighted by Gasteiger charge is -2.19. The SMILES string of the molecule is CNC(CCC(C)C)c1ccnn1-c1ccccc1. The van der Waals surface area contributed by atoms with Crippen LogP contribution in [0.1, 0.15) is 38.4 Å². The molecule has 0 saturated carbocycles. The van der Waals surface area contributed by atoms with Crippen molar-refractivity contribution < 1.29 is 0 Å². The number of para-hydroxylation sites is 1. The first-order chi connectivity index (χ1) is 9.22. The Balaban J connectivity index is 2.22. The topological polar surface area (TPSA) is 29.9 Å². The lowest BCUT2D eigenvalue weighted by Crippen LogP contribution is -2.20. The van der Waals surface area contributed by atoms with E-state index in [2.05, 4.69) is 42.5 Å². The highest BCUT2D eigenvalue weighted by molar-refractivity contribution is 5.33. The molecule has 0 amide bonds. The Labute approximate surface area is 115 Å². The third-order valence-electron chi connectivity index (χ3n) is 3.41. The molecule has 2 rings (SSSR count). The summed E-state index contributed by atoms with van der Waals surface area (Å²) < 4.78 is 2.03. The van der Waals surface area contributed by atoms with E-state index < -0.39 is 0 Å². The van der Waals surface area contributed by atoms with Crippen molar-refractivity contribution >= 4 is 0 Å². The Kier molecular flexibility index (Phi) is 4.74. The maximum atomic E-state index is 4.46. The van der Waals surface area contributed by atoms with Crippen LogP contribution in [0.4, 0.5) is 0 Å². The number of nitrogens with one attached hydrogen (secondary N) is 1. The maximum absolute atomic E-state index is 4.46. The number of benzene rings is 1. The molecular formula is C16H23N3. The number of aromatic nitrogens is 2. The van der Waals surface area contributed by atoms with Gasteiger partial charge in [-0.1, -0.05) is 32.0 Å². The highest BCUT2D eigenvalue weighted by Crippen LogP contribution is 2.22. The predicted molar refractivity (Wildman–Crippen MR) is 79.4 cm³/mol. The van der Waals surface area contributed by atoms with Crippen LogP contribution >= 0.6 is 0 Å². The van der Waals surface area contributed by atoms with Gasteiger partial charge in [0.05, 0.1) is 11.4 Å². The van der Waals surface area contributed by atoms with Crippen LogP contribution in [0.2, 0.25) is 0 Å². The van der Waals surface area contributed by atoms with E-state index in [9.17, 15) is 0 Å². The van der Waals surface area contributed by atoms with Crippen LogP contribution in [0.15, 0.2) is 42.6 Å². The van der Waals surface area contributed by atoms with Gasteiger partial charge in [0, 0.05) is 12.2 Å². The summed E-state index contributed by atoms with van der Waals surface area (Å²) in [6.07, 6.45) is 4.22. The van der Waals surface area contributed by atoms with E-state index in [4.69, 9.17) is 0 Å². The summed E-state index contributed by atoms with van der Waals surface area (Å²) in [5.74, 6) is 0.726. The van der Waals surface area contributed by atoms with Gasteiger partial charge in [0.2, 0.25) is 0 Å². The first-order valence-corrected chi connectivity index (χ1v) is 6.99. The molecule has 1 aromatic carbocycles. The van der Waals surface area contributed by atoms with Crippen molar-refractivity contribution in [2.45, 2.75) is 32.7 Å². The fourth-order valence-corrected chi connectivity index (χ4v) is 2.30. The normalized spacial score (nSPS) is 12.8. The van der Waals surface area contributed by atoms with E-state index in [-0.39, 0.29) is 0 Å². The molecule has 0 bridgehead atoms. The minimum atomic E-state index is 0.352. The molecule has 1 N–H and O–H groups in total. The number of nitrogens with zero attached hydrogens (tertiary/aromatic N) is 2. The molecule has 3 nitrogen and oxygen atoms in total. The molecule has 1 heterocycles. The van der Waals surface area contributed by atoms with Crippen molar-refractivity contribution in [3.63, 3.8) is 0 Å². The lowest BCUT2D eigenvalue weighted by molar-refractivity contribution is 0.451. The summed E-state index contributed by atoms with van der Waals surface area (Å²) in [5.41, 5.74) is 2.35. The first-order valence-electron chi connectivity index (χ1n) is 6.99. The lowest BCUT2D eigenvalue weighted by atomic mass is 10.0. The Morgan fingerprint density at radius 3 is 2.47 bits per heavy atom. The van der Waals surface area contributed by atoms with E-state index in [1.165, 1.54) is 12.1 Å². The molecule has 0 fully saturated rings. The minimum Gasteiger partial charge on any atom is -0.312 e. The van der Waals surface area contributed by atoms with Crippen molar-refractivity contribution in [1.29, 1.82) is 0 Å². The van der Waals surface area contributed by atoms with Crippen LogP contribution in [0, 0.1) is 5.92 Å². The summed E-state index contributed by atoms with van der Waals surface area (Å²) in [7, 11) is 2.02. The second kappa shape index (κ2) is 6.53. The zero-order valence-electron chi connectivity index (χ0n) is 12.0. The second-order valence-electron chi connectivity index (χ2n) is 5.32. The summed E-state index contributed by atoms with van der Waals surface area (Å²) in [6.45, 7) is 4.53. The Morgan fingerprint density at radius 2 is 1.84 bits per heavy atom. The van der Waals surface area contributed by atoms with Gasteiger partial charge in [-0.15, -0.1) is 0 Å². The zero-order chi connectivity index (χ0) is 13.7. The summed E-state index contributed by atoms with van der Waals surface area (Å²) >= 11 is 0. The third-order valence-corrected chi connectivity index (χ3v) is 3.41. The monoisotopic (exact) mass is 257 g/mol. The molecule has 0 saturated heterocycles. The molecule has 0 aliphatic carbocycles. The first kappa shape index (κ1) is 13.8. The average molecular weight is 257 g/mol. The van der Waals surface area contributed by atoms with E-state index in [0.717, 1.165) is 18.0 Å². The Morgan fingerprint density at radius 1 is 1.11 bits per heavy atom. The van der Waals surface area contributed by atoms with Crippen molar-refractivity contribution in [1.82, 2.24) is 15.1 Å². The van der Waals surface area contributed by atoms with Gasteiger partial charge in [0.15, 0.2) is 0 Å². The predicted octanol–water partition coefficient (Wildman–Crippen LogP) is 3.57. The maximum Gasteiger partial charge on any atom is 0.0649 e. The van der Waals surface area contributed by atoms with Crippen LogP contribution in [-0.2, 0) is 0 Å². The number of hydrogen-bond donors (Lipinski definition) is 1. The molecule has 1 aromatic heterocycles. The van der Waals surface area contributed by atoms with Gasteiger partial charge in [-0.25, -0.2) is 4.68 Å². The van der Waals surface area contributed by atoms with Gasteiger partial charge in [0.1, 0.15) is 0 Å². The van der Waals surface area contributed by atoms with Crippen molar-refractivity contribution in [2.24, 2.45) is 5.92 Å². The van der Waals surface area contributed by atoms with Crippen LogP contribution in [0.25, 0.3) is 5.69 Å². The molecular weight excluding hydrogens is 234 g/mol. The van der Waals surface area contributed by atoms with Crippen molar-refractivity contribution in [2.75, 3.05) is 7.05 Å². The van der Waals surface area contributed by atoms with E-state index in [0.29, 0.717) is 6.04 Å². The van der Waals surface area contributed by atoms with Crippen LogP contribution < -0.4 is 5.32 Å². The van der Waals surface area contributed by atoms with Crippen LogP contribution in [-0.4, -0.2) is 16.8 Å². The van der Waals surface area contributed by atoms with E-state index in [1.54, 1.807) is 0 Å². The molecule has 19 heavy (non-hydrogen) atoms.